The molecule has 0 aliphatic rings. The van der Waals surface area contributed by atoms with E-state index in [2.05, 4.69) is 4.74 Å². The highest BCUT2D eigenvalue weighted by molar-refractivity contribution is 5.68. The molecule has 0 aliphatic heterocycles. The van der Waals surface area contributed by atoms with Crippen molar-refractivity contribution in [1.29, 1.82) is 0 Å². The maximum atomic E-state index is 12.3. The molecule has 1 rings (SSSR count). The van der Waals surface area contributed by atoms with E-state index in [-0.39, 0.29) is 11.4 Å². The molecule has 16 heavy (non-hydrogen) atoms. The van der Waals surface area contributed by atoms with Crippen LogP contribution in [0.3, 0.4) is 0 Å². The van der Waals surface area contributed by atoms with Crippen molar-refractivity contribution >= 4 is 11.7 Å². The van der Waals surface area contributed by atoms with Crippen LogP contribution in [0.2, 0.25) is 0 Å². The minimum absolute atomic E-state index is 0.143. The van der Waals surface area contributed by atoms with Gasteiger partial charge in [0.05, 0.1) is 5.56 Å². The molecule has 1 aromatic rings. The topological polar surface area (TPSA) is 72.5 Å². The van der Waals surface area contributed by atoms with Gasteiger partial charge >= 0.3 is 12.1 Å². The fourth-order valence-corrected chi connectivity index (χ4v) is 1.01. The van der Waals surface area contributed by atoms with Crippen LogP contribution < -0.4 is 10.5 Å². The Balaban J connectivity index is 2.94. The normalized spacial score (nSPS) is 11.2. The maximum Gasteiger partial charge on any atom is 0.416 e. The minimum atomic E-state index is -4.54. The summed E-state index contributed by atoms with van der Waals surface area (Å²) in [6, 6.07) is 2.56. The first-order valence-electron chi connectivity index (χ1n) is 4.11. The molecule has 0 amide bonds. The summed E-state index contributed by atoms with van der Waals surface area (Å²) in [7, 11) is 0. The van der Waals surface area contributed by atoms with Crippen LogP contribution >= 0.6 is 0 Å². The highest BCUT2D eigenvalue weighted by atomic mass is 19.4. The molecule has 4 nitrogen and oxygen atoms in total. The number of anilines is 1. The van der Waals surface area contributed by atoms with Gasteiger partial charge in [-0.05, 0) is 12.1 Å². The number of hydrogen-bond donors (Lipinski definition) is 2. The van der Waals surface area contributed by atoms with Gasteiger partial charge in [-0.15, -0.1) is 0 Å². The third-order valence-electron chi connectivity index (χ3n) is 1.62. The standard InChI is InChI=1S/C9H8F3NO3/c10-9(11,12)5-1-6(13)3-7(2-5)16-4-8(14)15/h1-3H,4,13H2,(H,14,15). The van der Waals surface area contributed by atoms with Crippen molar-refractivity contribution in [1.82, 2.24) is 0 Å². The summed E-state index contributed by atoms with van der Waals surface area (Å²) in [5.41, 5.74) is 4.11. The van der Waals surface area contributed by atoms with Crippen LogP contribution in [0.1, 0.15) is 5.56 Å². The first-order valence-corrected chi connectivity index (χ1v) is 4.11. The Morgan fingerprint density at radius 3 is 2.50 bits per heavy atom. The number of benzene rings is 1. The van der Waals surface area contributed by atoms with E-state index in [1.807, 2.05) is 0 Å². The average molecular weight is 235 g/mol. The van der Waals surface area contributed by atoms with Crippen LogP contribution in [0.15, 0.2) is 18.2 Å². The van der Waals surface area contributed by atoms with Crippen LogP contribution in [0, 0.1) is 0 Å². The predicted octanol–water partition coefficient (Wildman–Crippen LogP) is 1.75. The van der Waals surface area contributed by atoms with Crippen LogP contribution in [0.4, 0.5) is 18.9 Å². The first-order chi connectivity index (χ1) is 7.29. The minimum Gasteiger partial charge on any atom is -0.482 e. The van der Waals surface area contributed by atoms with Gasteiger partial charge < -0.3 is 15.6 Å². The molecular formula is C9H8F3NO3. The van der Waals surface area contributed by atoms with Gasteiger partial charge in [0.25, 0.3) is 0 Å². The van der Waals surface area contributed by atoms with E-state index in [1.165, 1.54) is 0 Å². The predicted molar refractivity (Wildman–Crippen MR) is 49.0 cm³/mol. The molecule has 0 aliphatic carbocycles. The van der Waals surface area contributed by atoms with E-state index in [1.54, 1.807) is 0 Å². The van der Waals surface area contributed by atoms with Crippen LogP contribution in [-0.2, 0) is 11.0 Å². The summed E-state index contributed by atoms with van der Waals surface area (Å²) in [5, 5.41) is 8.29. The molecule has 88 valence electrons. The molecule has 3 N–H and O–H groups in total. The Labute approximate surface area is 88.4 Å². The molecular weight excluding hydrogens is 227 g/mol. The number of ether oxygens (including phenoxy) is 1. The molecule has 0 saturated carbocycles. The van der Waals surface area contributed by atoms with E-state index in [0.29, 0.717) is 6.07 Å². The molecule has 0 heterocycles. The number of rotatable bonds is 3. The Kier molecular flexibility index (Phi) is 3.26. The average Bonchev–Trinajstić information content (AvgIpc) is 2.12. The fraction of sp³-hybridized carbons (Fsp3) is 0.222. The lowest BCUT2D eigenvalue weighted by Crippen LogP contribution is -2.11. The van der Waals surface area contributed by atoms with E-state index < -0.39 is 24.3 Å². The van der Waals surface area contributed by atoms with Crippen LogP contribution in [-0.4, -0.2) is 17.7 Å². The van der Waals surface area contributed by atoms with E-state index >= 15 is 0 Å². The first kappa shape index (κ1) is 12.2. The number of carboxylic acids is 1. The van der Waals surface area contributed by atoms with Crippen LogP contribution in [0.25, 0.3) is 0 Å². The van der Waals surface area contributed by atoms with Crippen molar-refractivity contribution in [3.63, 3.8) is 0 Å². The van der Waals surface area contributed by atoms with Crippen molar-refractivity contribution < 1.29 is 27.8 Å². The van der Waals surface area contributed by atoms with Gasteiger partial charge in [-0.3, -0.25) is 0 Å². The summed E-state index contributed by atoms with van der Waals surface area (Å²) in [4.78, 5) is 10.2. The van der Waals surface area contributed by atoms with Crippen molar-refractivity contribution in [3.8, 4) is 5.75 Å². The number of carbonyl (C=O) groups is 1. The summed E-state index contributed by atoms with van der Waals surface area (Å²) >= 11 is 0. The van der Waals surface area contributed by atoms with E-state index in [0.717, 1.165) is 12.1 Å². The highest BCUT2D eigenvalue weighted by Crippen LogP contribution is 2.33. The molecule has 0 saturated heterocycles. The third-order valence-corrected chi connectivity index (χ3v) is 1.62. The second-order valence-corrected chi connectivity index (χ2v) is 2.97. The number of nitrogens with two attached hydrogens (primary N) is 1. The quantitative estimate of drug-likeness (QED) is 0.783. The van der Waals surface area contributed by atoms with Crippen molar-refractivity contribution in [3.05, 3.63) is 23.8 Å². The zero-order valence-electron chi connectivity index (χ0n) is 7.91. The number of alkyl halides is 3. The number of aliphatic carboxylic acids is 1. The highest BCUT2D eigenvalue weighted by Gasteiger charge is 2.31. The Morgan fingerprint density at radius 2 is 2.00 bits per heavy atom. The van der Waals surface area contributed by atoms with Gasteiger partial charge in [-0.25, -0.2) is 4.79 Å². The van der Waals surface area contributed by atoms with Gasteiger partial charge in [0.2, 0.25) is 0 Å². The van der Waals surface area contributed by atoms with Crippen molar-refractivity contribution in [2.75, 3.05) is 12.3 Å². The smallest absolute Gasteiger partial charge is 0.416 e. The Hall–Kier alpha value is -1.92. The van der Waals surface area contributed by atoms with Gasteiger partial charge in [-0.1, -0.05) is 0 Å². The van der Waals surface area contributed by atoms with Gasteiger partial charge in [0.1, 0.15) is 5.75 Å². The SMILES string of the molecule is Nc1cc(OCC(=O)O)cc(C(F)(F)F)c1. The van der Waals surface area contributed by atoms with E-state index in [9.17, 15) is 18.0 Å². The Bertz CT molecular complexity index is 403. The number of hydrogen-bond acceptors (Lipinski definition) is 3. The van der Waals surface area contributed by atoms with E-state index in [4.69, 9.17) is 10.8 Å². The molecule has 0 radical (unpaired) electrons. The lowest BCUT2D eigenvalue weighted by molar-refractivity contribution is -0.139. The molecule has 0 fully saturated rings. The number of halogens is 3. The molecule has 1 aromatic carbocycles. The lowest BCUT2D eigenvalue weighted by atomic mass is 10.2. The van der Waals surface area contributed by atoms with Crippen molar-refractivity contribution in [2.45, 2.75) is 6.18 Å². The lowest BCUT2D eigenvalue weighted by Gasteiger charge is -2.10. The summed E-state index contributed by atoms with van der Waals surface area (Å²) in [6.07, 6.45) is -4.54. The summed E-state index contributed by atoms with van der Waals surface area (Å²) in [6.45, 7) is -0.721. The molecule has 7 heteroatoms. The van der Waals surface area contributed by atoms with Gasteiger partial charge in [-0.2, -0.15) is 13.2 Å². The maximum absolute atomic E-state index is 12.3. The summed E-state index contributed by atoms with van der Waals surface area (Å²) in [5.74, 6) is -1.51. The van der Waals surface area contributed by atoms with Crippen molar-refractivity contribution in [2.24, 2.45) is 0 Å². The number of carboxylic acid groups (broad SMARTS) is 1. The monoisotopic (exact) mass is 235 g/mol. The zero-order valence-corrected chi connectivity index (χ0v) is 7.91. The second-order valence-electron chi connectivity index (χ2n) is 2.97. The van der Waals surface area contributed by atoms with Gasteiger partial charge in [0, 0.05) is 11.8 Å². The van der Waals surface area contributed by atoms with Gasteiger partial charge in [0.15, 0.2) is 6.61 Å². The zero-order chi connectivity index (χ0) is 12.3. The number of nitrogen functional groups attached to an aromatic ring is 1. The second kappa shape index (κ2) is 4.30. The van der Waals surface area contributed by atoms with Crippen LogP contribution in [0.5, 0.6) is 5.75 Å². The molecule has 0 spiro atoms. The molecule has 0 unspecified atom stereocenters. The molecule has 0 aromatic heterocycles. The fourth-order valence-electron chi connectivity index (χ4n) is 1.01. The molecule has 0 bridgehead atoms. The summed E-state index contributed by atoms with van der Waals surface area (Å²) < 4.78 is 41.6. The molecule has 0 atom stereocenters. The Morgan fingerprint density at radius 1 is 1.38 bits per heavy atom. The third kappa shape index (κ3) is 3.34. The largest absolute Gasteiger partial charge is 0.482 e.